The molecule has 0 unspecified atom stereocenters. The Hall–Kier alpha value is -2.09. The predicted molar refractivity (Wildman–Crippen MR) is 74.9 cm³/mol. The number of ether oxygens (including phenoxy) is 1. The van der Waals surface area contributed by atoms with Crippen molar-refractivity contribution >= 4 is 5.78 Å². The molecule has 1 aliphatic carbocycles. The van der Waals surface area contributed by atoms with Gasteiger partial charge in [0.25, 0.3) is 0 Å². The summed E-state index contributed by atoms with van der Waals surface area (Å²) in [6.45, 7) is 4.21. The quantitative estimate of drug-likeness (QED) is 0.794. The zero-order valence-corrected chi connectivity index (χ0v) is 11.1. The van der Waals surface area contributed by atoms with Crippen LogP contribution in [0.15, 0.2) is 48.5 Å². The topological polar surface area (TPSA) is 26.3 Å². The Morgan fingerprint density at radius 1 is 1.00 bits per heavy atom. The van der Waals surface area contributed by atoms with E-state index in [1.54, 1.807) is 0 Å². The first-order valence-electron chi connectivity index (χ1n) is 6.47. The molecular weight excluding hydrogens is 236 g/mol. The third-order valence-corrected chi connectivity index (χ3v) is 3.60. The van der Waals surface area contributed by atoms with Crippen molar-refractivity contribution in [3.8, 4) is 11.5 Å². The molecule has 0 saturated heterocycles. The first-order chi connectivity index (χ1) is 9.06. The van der Waals surface area contributed by atoms with Crippen LogP contribution >= 0.6 is 0 Å². The average molecular weight is 252 g/mol. The molecule has 19 heavy (non-hydrogen) atoms. The molecule has 0 bridgehead atoms. The predicted octanol–water partition coefficient (Wildman–Crippen LogP) is 4.34. The van der Waals surface area contributed by atoms with Crippen molar-refractivity contribution in [1.29, 1.82) is 0 Å². The molecule has 2 heteroatoms. The largest absolute Gasteiger partial charge is 0.457 e. The SMILES string of the molecule is CC1(C)CC(=O)c2cc(Oc3ccccc3)ccc21. The van der Waals surface area contributed by atoms with Crippen molar-refractivity contribution in [2.24, 2.45) is 0 Å². The van der Waals surface area contributed by atoms with Gasteiger partial charge >= 0.3 is 0 Å². The lowest BCUT2D eigenvalue weighted by Gasteiger charge is -2.17. The van der Waals surface area contributed by atoms with E-state index in [4.69, 9.17) is 4.74 Å². The Bertz CT molecular complexity index is 627. The maximum Gasteiger partial charge on any atom is 0.164 e. The number of fused-ring (bicyclic) bond motifs is 1. The molecule has 0 radical (unpaired) electrons. The first-order valence-corrected chi connectivity index (χ1v) is 6.47. The lowest BCUT2D eigenvalue weighted by atomic mass is 9.87. The van der Waals surface area contributed by atoms with E-state index in [0.717, 1.165) is 22.6 Å². The fourth-order valence-corrected chi connectivity index (χ4v) is 2.62. The van der Waals surface area contributed by atoms with Crippen LogP contribution < -0.4 is 4.74 Å². The Balaban J connectivity index is 1.95. The first kappa shape index (κ1) is 12.0. The lowest BCUT2D eigenvalue weighted by Crippen LogP contribution is -2.12. The van der Waals surface area contributed by atoms with Crippen molar-refractivity contribution in [2.75, 3.05) is 0 Å². The van der Waals surface area contributed by atoms with Gasteiger partial charge in [-0.05, 0) is 35.2 Å². The van der Waals surface area contributed by atoms with Gasteiger partial charge in [0, 0.05) is 12.0 Å². The number of carbonyl (C=O) groups is 1. The Morgan fingerprint density at radius 3 is 2.47 bits per heavy atom. The third kappa shape index (κ3) is 2.14. The molecule has 0 spiro atoms. The summed E-state index contributed by atoms with van der Waals surface area (Å²) in [5.74, 6) is 1.71. The van der Waals surface area contributed by atoms with Crippen LogP contribution in [0.1, 0.15) is 36.2 Å². The third-order valence-electron chi connectivity index (χ3n) is 3.60. The van der Waals surface area contributed by atoms with Gasteiger partial charge < -0.3 is 4.74 Å². The van der Waals surface area contributed by atoms with Crippen molar-refractivity contribution in [3.63, 3.8) is 0 Å². The van der Waals surface area contributed by atoms with Gasteiger partial charge in [0.1, 0.15) is 11.5 Å². The van der Waals surface area contributed by atoms with E-state index < -0.39 is 0 Å². The summed E-state index contributed by atoms with van der Waals surface area (Å²) in [4.78, 5) is 12.0. The number of para-hydroxylation sites is 1. The van der Waals surface area contributed by atoms with Crippen LogP contribution in [-0.2, 0) is 5.41 Å². The van der Waals surface area contributed by atoms with Gasteiger partial charge in [-0.25, -0.2) is 0 Å². The molecule has 0 fully saturated rings. The van der Waals surface area contributed by atoms with E-state index in [1.807, 2.05) is 48.5 Å². The summed E-state index contributed by atoms with van der Waals surface area (Å²) in [6.07, 6.45) is 0.580. The summed E-state index contributed by atoms with van der Waals surface area (Å²) in [7, 11) is 0. The molecular formula is C17H16O2. The van der Waals surface area contributed by atoms with Gasteiger partial charge in [-0.3, -0.25) is 4.79 Å². The second-order valence-corrected chi connectivity index (χ2v) is 5.61. The molecule has 0 saturated carbocycles. The smallest absolute Gasteiger partial charge is 0.164 e. The zero-order valence-electron chi connectivity index (χ0n) is 11.1. The minimum absolute atomic E-state index is 0.0578. The molecule has 2 nitrogen and oxygen atoms in total. The molecule has 0 N–H and O–H groups in total. The summed E-state index contributed by atoms with van der Waals surface area (Å²) in [6, 6.07) is 15.4. The molecule has 3 rings (SSSR count). The highest BCUT2D eigenvalue weighted by molar-refractivity contribution is 6.02. The molecule has 2 aromatic carbocycles. The average Bonchev–Trinajstić information content (AvgIpc) is 2.61. The van der Waals surface area contributed by atoms with Gasteiger partial charge in [-0.2, -0.15) is 0 Å². The lowest BCUT2D eigenvalue weighted by molar-refractivity contribution is 0.0979. The number of hydrogen-bond acceptors (Lipinski definition) is 2. The Kier molecular flexibility index (Phi) is 2.67. The van der Waals surface area contributed by atoms with Crippen molar-refractivity contribution in [2.45, 2.75) is 25.7 Å². The number of Topliss-reactive ketones (excluding diaryl/α,β-unsaturated/α-hetero) is 1. The Labute approximate surface area is 113 Å². The number of carbonyl (C=O) groups excluding carboxylic acids is 1. The van der Waals surface area contributed by atoms with E-state index in [1.165, 1.54) is 0 Å². The fourth-order valence-electron chi connectivity index (χ4n) is 2.62. The Morgan fingerprint density at radius 2 is 1.74 bits per heavy atom. The van der Waals surface area contributed by atoms with Crippen molar-refractivity contribution < 1.29 is 9.53 Å². The fraction of sp³-hybridized carbons (Fsp3) is 0.235. The normalized spacial score (nSPS) is 16.2. The van der Waals surface area contributed by atoms with E-state index >= 15 is 0 Å². The second kappa shape index (κ2) is 4.23. The van der Waals surface area contributed by atoms with Crippen LogP contribution in [0.5, 0.6) is 11.5 Å². The van der Waals surface area contributed by atoms with Crippen LogP contribution in [-0.4, -0.2) is 5.78 Å². The van der Waals surface area contributed by atoms with Gasteiger partial charge in [0.2, 0.25) is 0 Å². The molecule has 0 atom stereocenters. The molecule has 96 valence electrons. The minimum atomic E-state index is -0.0578. The molecule has 2 aromatic rings. The van der Waals surface area contributed by atoms with E-state index in [9.17, 15) is 4.79 Å². The number of benzene rings is 2. The molecule has 0 aliphatic heterocycles. The summed E-state index contributed by atoms with van der Waals surface area (Å²) < 4.78 is 5.77. The van der Waals surface area contributed by atoms with Crippen LogP contribution in [0.2, 0.25) is 0 Å². The maximum absolute atomic E-state index is 12.0. The van der Waals surface area contributed by atoms with Gasteiger partial charge in [-0.1, -0.05) is 38.1 Å². The molecule has 0 aromatic heterocycles. The number of rotatable bonds is 2. The van der Waals surface area contributed by atoms with Gasteiger partial charge in [0.05, 0.1) is 0 Å². The van der Waals surface area contributed by atoms with Crippen LogP contribution in [0.25, 0.3) is 0 Å². The molecule has 1 aliphatic rings. The van der Waals surface area contributed by atoms with Crippen LogP contribution in [0.3, 0.4) is 0 Å². The van der Waals surface area contributed by atoms with Crippen LogP contribution in [0, 0.1) is 0 Å². The number of hydrogen-bond donors (Lipinski definition) is 0. The van der Waals surface area contributed by atoms with E-state index in [-0.39, 0.29) is 11.2 Å². The molecule has 0 heterocycles. The van der Waals surface area contributed by atoms with Gasteiger partial charge in [-0.15, -0.1) is 0 Å². The van der Waals surface area contributed by atoms with E-state index in [0.29, 0.717) is 6.42 Å². The second-order valence-electron chi connectivity index (χ2n) is 5.61. The van der Waals surface area contributed by atoms with Gasteiger partial charge in [0.15, 0.2) is 5.78 Å². The van der Waals surface area contributed by atoms with Crippen molar-refractivity contribution in [3.05, 3.63) is 59.7 Å². The highest BCUT2D eigenvalue weighted by Crippen LogP contribution is 2.40. The van der Waals surface area contributed by atoms with Crippen LogP contribution in [0.4, 0.5) is 0 Å². The highest BCUT2D eigenvalue weighted by Gasteiger charge is 2.35. The molecule has 0 amide bonds. The minimum Gasteiger partial charge on any atom is -0.457 e. The highest BCUT2D eigenvalue weighted by atomic mass is 16.5. The monoisotopic (exact) mass is 252 g/mol. The number of ketones is 1. The van der Waals surface area contributed by atoms with E-state index in [2.05, 4.69) is 13.8 Å². The maximum atomic E-state index is 12.0. The summed E-state index contributed by atoms with van der Waals surface area (Å²) in [5, 5.41) is 0. The summed E-state index contributed by atoms with van der Waals surface area (Å²) in [5.41, 5.74) is 1.87. The standard InChI is InChI=1S/C17H16O2/c1-17(2)11-16(18)14-10-13(8-9-15(14)17)19-12-6-4-3-5-7-12/h3-10H,11H2,1-2H3. The summed E-state index contributed by atoms with van der Waals surface area (Å²) >= 11 is 0. The van der Waals surface area contributed by atoms with Crippen molar-refractivity contribution in [1.82, 2.24) is 0 Å². The zero-order chi connectivity index (χ0) is 13.5.